The Morgan fingerprint density at radius 3 is 2.73 bits per heavy atom. The molecule has 3 aromatic rings. The van der Waals surface area contributed by atoms with E-state index in [1.54, 1.807) is 12.1 Å². The zero-order valence-electron chi connectivity index (χ0n) is 16.7. The number of anilines is 1. The van der Waals surface area contributed by atoms with Crippen LogP contribution in [0.25, 0.3) is 0 Å². The van der Waals surface area contributed by atoms with Crippen LogP contribution < -0.4 is 10.1 Å². The zero-order valence-corrected chi connectivity index (χ0v) is 16.7. The number of fused-ring (bicyclic) bond motifs is 1. The van der Waals surface area contributed by atoms with Crippen LogP contribution in [0.15, 0.2) is 66.9 Å². The van der Waals surface area contributed by atoms with E-state index >= 15 is 0 Å². The fourth-order valence-corrected chi connectivity index (χ4v) is 3.51. The average Bonchev–Trinajstić information content (AvgIpc) is 3.25. The normalized spacial score (nSPS) is 12.7. The molecule has 0 aliphatic carbocycles. The lowest BCUT2D eigenvalue weighted by Crippen LogP contribution is -2.19. The molecule has 1 N–H and O–H groups in total. The molecule has 154 valence electrons. The summed E-state index contributed by atoms with van der Waals surface area (Å²) < 4.78 is 13.0. The van der Waals surface area contributed by atoms with Gasteiger partial charge in [-0.3, -0.25) is 4.79 Å². The van der Waals surface area contributed by atoms with E-state index in [1.165, 1.54) is 5.56 Å². The van der Waals surface area contributed by atoms with Crippen molar-refractivity contribution in [3.63, 3.8) is 0 Å². The van der Waals surface area contributed by atoms with E-state index in [0.717, 1.165) is 17.7 Å². The molecule has 0 saturated carbocycles. The van der Waals surface area contributed by atoms with Crippen molar-refractivity contribution < 1.29 is 19.1 Å². The number of aromatic nitrogens is 1. The van der Waals surface area contributed by atoms with E-state index in [9.17, 15) is 9.59 Å². The Kier molecular flexibility index (Phi) is 6.13. The van der Waals surface area contributed by atoms with E-state index in [4.69, 9.17) is 9.47 Å². The van der Waals surface area contributed by atoms with Gasteiger partial charge in [-0.1, -0.05) is 30.3 Å². The summed E-state index contributed by atoms with van der Waals surface area (Å²) in [4.78, 5) is 23.9. The summed E-state index contributed by atoms with van der Waals surface area (Å²) in [5.41, 5.74) is 3.65. The van der Waals surface area contributed by atoms with Gasteiger partial charge < -0.3 is 19.4 Å². The van der Waals surface area contributed by atoms with Gasteiger partial charge in [-0.15, -0.1) is 0 Å². The molecule has 0 bridgehead atoms. The van der Waals surface area contributed by atoms with Crippen molar-refractivity contribution in [2.75, 3.05) is 18.5 Å². The summed E-state index contributed by atoms with van der Waals surface area (Å²) in [7, 11) is 0. The maximum Gasteiger partial charge on any atom is 0.355 e. The van der Waals surface area contributed by atoms with Crippen molar-refractivity contribution in [2.45, 2.75) is 25.8 Å². The maximum atomic E-state index is 12.4. The smallest absolute Gasteiger partial charge is 0.355 e. The first-order chi connectivity index (χ1) is 14.7. The fraction of sp³-hybridized carbons (Fsp3) is 0.250. The number of carbonyl (C=O) groups is 2. The van der Waals surface area contributed by atoms with E-state index in [2.05, 4.69) is 17.4 Å². The molecule has 0 radical (unpaired) electrons. The highest BCUT2D eigenvalue weighted by Crippen LogP contribution is 2.26. The standard InChI is InChI=1S/C24H24N2O4/c27-23-11-8-19-17-20(9-10-21(19)25-23)29-15-16-30-24(28)22-7-4-13-26(22)14-12-18-5-2-1-3-6-18/h1-7,9-10,13,17H,8,11-12,14-16H2,(H,25,27). The summed E-state index contributed by atoms with van der Waals surface area (Å²) in [6.07, 6.45) is 3.92. The highest BCUT2D eigenvalue weighted by atomic mass is 16.6. The summed E-state index contributed by atoms with van der Waals surface area (Å²) in [6.45, 7) is 1.14. The number of hydrogen-bond acceptors (Lipinski definition) is 4. The van der Waals surface area contributed by atoms with Gasteiger partial charge in [0.15, 0.2) is 0 Å². The molecule has 4 rings (SSSR count). The van der Waals surface area contributed by atoms with Gasteiger partial charge in [0.05, 0.1) is 0 Å². The largest absolute Gasteiger partial charge is 0.490 e. The molecule has 2 aromatic carbocycles. The number of nitrogens with zero attached hydrogens (tertiary/aromatic N) is 1. The van der Waals surface area contributed by atoms with E-state index in [0.29, 0.717) is 30.8 Å². The number of amides is 1. The molecule has 0 unspecified atom stereocenters. The molecule has 1 aliphatic heterocycles. The molecular weight excluding hydrogens is 380 g/mol. The number of ether oxygens (including phenoxy) is 2. The monoisotopic (exact) mass is 404 g/mol. The van der Waals surface area contributed by atoms with E-state index in [-0.39, 0.29) is 25.1 Å². The topological polar surface area (TPSA) is 69.6 Å². The van der Waals surface area contributed by atoms with Crippen LogP contribution in [-0.2, 0) is 28.9 Å². The number of aryl methyl sites for hydroxylation is 3. The van der Waals surface area contributed by atoms with E-state index < -0.39 is 0 Å². The lowest BCUT2D eigenvalue weighted by molar-refractivity contribution is -0.116. The Morgan fingerprint density at radius 2 is 1.87 bits per heavy atom. The quantitative estimate of drug-likeness (QED) is 0.457. The highest BCUT2D eigenvalue weighted by molar-refractivity contribution is 5.94. The number of nitrogens with one attached hydrogen (secondary N) is 1. The Hall–Kier alpha value is -3.54. The van der Waals surface area contributed by atoms with Crippen molar-refractivity contribution in [1.82, 2.24) is 4.57 Å². The van der Waals surface area contributed by atoms with Crippen LogP contribution in [-0.4, -0.2) is 29.7 Å². The second kappa shape index (κ2) is 9.31. The summed E-state index contributed by atoms with van der Waals surface area (Å²) >= 11 is 0. The highest BCUT2D eigenvalue weighted by Gasteiger charge is 2.15. The van der Waals surface area contributed by atoms with Gasteiger partial charge in [0.25, 0.3) is 0 Å². The fourth-order valence-electron chi connectivity index (χ4n) is 3.51. The summed E-state index contributed by atoms with van der Waals surface area (Å²) in [5, 5.41) is 2.84. The first kappa shape index (κ1) is 19.8. The number of esters is 1. The molecule has 6 heteroatoms. The Balaban J connectivity index is 1.25. The van der Waals surface area contributed by atoms with Crippen molar-refractivity contribution in [3.05, 3.63) is 83.7 Å². The molecule has 6 nitrogen and oxygen atoms in total. The predicted molar refractivity (Wildman–Crippen MR) is 114 cm³/mol. The van der Waals surface area contributed by atoms with Crippen LogP contribution in [0.2, 0.25) is 0 Å². The van der Waals surface area contributed by atoms with Crippen LogP contribution in [0.4, 0.5) is 5.69 Å². The maximum absolute atomic E-state index is 12.4. The van der Waals surface area contributed by atoms with Crippen LogP contribution >= 0.6 is 0 Å². The van der Waals surface area contributed by atoms with Crippen LogP contribution in [0.1, 0.15) is 28.0 Å². The lowest BCUT2D eigenvalue weighted by atomic mass is 10.0. The molecule has 30 heavy (non-hydrogen) atoms. The predicted octanol–water partition coefficient (Wildman–Crippen LogP) is 3.85. The number of benzene rings is 2. The van der Waals surface area contributed by atoms with E-state index in [1.807, 2.05) is 47.2 Å². The second-order valence-corrected chi connectivity index (χ2v) is 7.17. The van der Waals surface area contributed by atoms with Gasteiger partial charge in [-0.2, -0.15) is 0 Å². The van der Waals surface area contributed by atoms with Gasteiger partial charge in [-0.25, -0.2) is 4.79 Å². The average molecular weight is 404 g/mol. The Morgan fingerprint density at radius 1 is 1.00 bits per heavy atom. The number of rotatable bonds is 8. The minimum atomic E-state index is -0.357. The molecule has 0 atom stereocenters. The van der Waals surface area contributed by atoms with Crippen LogP contribution in [0.3, 0.4) is 0 Å². The zero-order chi connectivity index (χ0) is 20.8. The Labute approximate surface area is 175 Å². The molecule has 1 amide bonds. The number of carbonyl (C=O) groups excluding carboxylic acids is 2. The molecule has 0 fully saturated rings. The van der Waals surface area contributed by atoms with Crippen LogP contribution in [0.5, 0.6) is 5.75 Å². The third-order valence-electron chi connectivity index (χ3n) is 5.08. The van der Waals surface area contributed by atoms with Gasteiger partial charge >= 0.3 is 5.97 Å². The summed E-state index contributed by atoms with van der Waals surface area (Å²) in [6, 6.07) is 19.4. The molecule has 2 heterocycles. The van der Waals surface area contributed by atoms with Crippen molar-refractivity contribution in [2.24, 2.45) is 0 Å². The van der Waals surface area contributed by atoms with Crippen molar-refractivity contribution in [3.8, 4) is 5.75 Å². The third kappa shape index (κ3) is 4.89. The van der Waals surface area contributed by atoms with Crippen molar-refractivity contribution >= 4 is 17.6 Å². The molecule has 0 saturated heterocycles. The summed E-state index contributed by atoms with van der Waals surface area (Å²) in [5.74, 6) is 0.383. The van der Waals surface area contributed by atoms with Gasteiger partial charge in [0.2, 0.25) is 5.91 Å². The van der Waals surface area contributed by atoms with Crippen molar-refractivity contribution in [1.29, 1.82) is 0 Å². The molecule has 0 spiro atoms. The molecular formula is C24H24N2O4. The molecule has 1 aliphatic rings. The minimum Gasteiger partial charge on any atom is -0.490 e. The number of hydrogen-bond donors (Lipinski definition) is 1. The van der Waals surface area contributed by atoms with Gasteiger partial charge in [0, 0.05) is 24.8 Å². The Bertz CT molecular complexity index is 1030. The first-order valence-electron chi connectivity index (χ1n) is 10.1. The van der Waals surface area contributed by atoms with Crippen LogP contribution in [0, 0.1) is 0 Å². The lowest BCUT2D eigenvalue weighted by Gasteiger charge is -2.17. The first-order valence-corrected chi connectivity index (χ1v) is 10.1. The SMILES string of the molecule is O=C1CCc2cc(OCCOC(=O)c3cccn3CCc3ccccc3)ccc2N1. The third-order valence-corrected chi connectivity index (χ3v) is 5.08. The van der Waals surface area contributed by atoms with Gasteiger partial charge in [0.1, 0.15) is 24.7 Å². The molecule has 1 aromatic heterocycles. The van der Waals surface area contributed by atoms with Gasteiger partial charge in [-0.05, 0) is 54.3 Å². The second-order valence-electron chi connectivity index (χ2n) is 7.17. The minimum absolute atomic E-state index is 0.0385.